The molecule has 0 saturated carbocycles. The van der Waals surface area contributed by atoms with Crippen LogP contribution in [0.3, 0.4) is 0 Å². The molecule has 11 heteroatoms. The van der Waals surface area contributed by atoms with E-state index >= 15 is 0 Å². The van der Waals surface area contributed by atoms with E-state index in [0.717, 1.165) is 42.4 Å². The molecule has 0 aliphatic carbocycles. The zero-order chi connectivity index (χ0) is 28.0. The summed E-state index contributed by atoms with van der Waals surface area (Å²) in [6.45, 7) is 8.62. The van der Waals surface area contributed by atoms with Crippen LogP contribution >= 0.6 is 12.4 Å². The van der Waals surface area contributed by atoms with Crippen molar-refractivity contribution in [2.75, 3.05) is 23.7 Å². The number of phenols is 1. The number of aromatic hydroxyl groups is 1. The largest absolute Gasteiger partial charge is 0.508 e. The highest BCUT2D eigenvalue weighted by molar-refractivity contribution is 6.10. The van der Waals surface area contributed by atoms with Crippen molar-refractivity contribution in [3.63, 3.8) is 0 Å². The number of benzene rings is 2. The zero-order valence-corrected chi connectivity index (χ0v) is 23.9. The van der Waals surface area contributed by atoms with Gasteiger partial charge in [-0.05, 0) is 68.4 Å². The lowest BCUT2D eigenvalue weighted by molar-refractivity contribution is 0.101. The quantitative estimate of drug-likeness (QED) is 0.163. The number of nitrogens with one attached hydrogen (secondary N) is 3. The summed E-state index contributed by atoms with van der Waals surface area (Å²) in [4.78, 5) is 31.4. The lowest BCUT2D eigenvalue weighted by Crippen LogP contribution is -2.19. The SMILES string of the molecule is CC(C)(C)c1cc(NC(=O)Nc2ccc3oc(C(=O)c4cc5c(CN6CCCC6)c(O)ccc5[nH]4)cc3c2)no1.Cl. The average Bonchev–Trinajstić information content (AvgIpc) is 3.70. The first-order valence-corrected chi connectivity index (χ1v) is 13.3. The molecule has 1 aliphatic heterocycles. The molecule has 3 aromatic heterocycles. The molecular weight excluding hydrogens is 546 g/mol. The van der Waals surface area contributed by atoms with Gasteiger partial charge in [-0.25, -0.2) is 4.79 Å². The van der Waals surface area contributed by atoms with Gasteiger partial charge in [0, 0.05) is 45.6 Å². The van der Waals surface area contributed by atoms with E-state index in [1.165, 1.54) is 0 Å². The molecule has 0 unspecified atom stereocenters. The fourth-order valence-corrected chi connectivity index (χ4v) is 5.04. The summed E-state index contributed by atoms with van der Waals surface area (Å²) < 4.78 is 11.2. The van der Waals surface area contributed by atoms with E-state index in [0.29, 0.717) is 40.5 Å². The van der Waals surface area contributed by atoms with E-state index in [9.17, 15) is 14.7 Å². The van der Waals surface area contributed by atoms with Crippen molar-refractivity contribution in [2.45, 2.75) is 45.6 Å². The van der Waals surface area contributed by atoms with Gasteiger partial charge in [0.2, 0.25) is 5.78 Å². The summed E-state index contributed by atoms with van der Waals surface area (Å²) in [5.41, 5.74) is 2.79. The molecule has 4 N–H and O–H groups in total. The Morgan fingerprint density at radius 3 is 2.56 bits per heavy atom. The van der Waals surface area contributed by atoms with Crippen LogP contribution in [0.1, 0.15) is 61.2 Å². The number of halogens is 1. The number of carbonyl (C=O) groups is 2. The van der Waals surface area contributed by atoms with Gasteiger partial charge in [0.25, 0.3) is 0 Å². The number of ketones is 1. The molecule has 0 atom stereocenters. The standard InChI is InChI=1S/C30H31N5O5.ClH/c1-30(2,3)26-15-27(34-40-26)33-29(38)31-18-6-9-24-17(12-18)13-25(39-24)28(37)22-14-19-20(16-35-10-4-5-11-35)23(36)8-7-21(19)32-22;/h6-9,12-15,32,36H,4-5,10-11,16H2,1-3H3,(H2,31,33,34,38);1H. The summed E-state index contributed by atoms with van der Waals surface area (Å²) in [7, 11) is 0. The molecule has 0 bridgehead atoms. The highest BCUT2D eigenvalue weighted by Gasteiger charge is 2.22. The highest BCUT2D eigenvalue weighted by Crippen LogP contribution is 2.32. The number of likely N-dealkylation sites (tertiary alicyclic amines) is 1. The number of amides is 2. The maximum Gasteiger partial charge on any atom is 0.324 e. The van der Waals surface area contributed by atoms with E-state index < -0.39 is 6.03 Å². The molecule has 6 rings (SSSR count). The van der Waals surface area contributed by atoms with Gasteiger partial charge in [-0.2, -0.15) is 0 Å². The van der Waals surface area contributed by atoms with Crippen LogP contribution < -0.4 is 10.6 Å². The van der Waals surface area contributed by atoms with Crippen LogP contribution in [0.4, 0.5) is 16.3 Å². The third-order valence-corrected chi connectivity index (χ3v) is 7.20. The molecule has 1 fully saturated rings. The number of anilines is 2. The maximum absolute atomic E-state index is 13.4. The van der Waals surface area contributed by atoms with Gasteiger partial charge in [0.15, 0.2) is 11.6 Å². The third kappa shape index (κ3) is 5.79. The summed E-state index contributed by atoms with van der Waals surface area (Å²) in [6.07, 6.45) is 2.31. The Balaban J connectivity index is 0.00000337. The van der Waals surface area contributed by atoms with E-state index in [4.69, 9.17) is 8.94 Å². The lowest BCUT2D eigenvalue weighted by Gasteiger charge is -2.16. The van der Waals surface area contributed by atoms with Crippen molar-refractivity contribution >= 4 is 57.6 Å². The topological polar surface area (TPSA) is 137 Å². The second-order valence-corrected chi connectivity index (χ2v) is 11.3. The Labute approximate surface area is 242 Å². The van der Waals surface area contributed by atoms with E-state index in [-0.39, 0.29) is 35.1 Å². The van der Waals surface area contributed by atoms with Crippen molar-refractivity contribution in [3.05, 3.63) is 71.3 Å². The van der Waals surface area contributed by atoms with Crippen molar-refractivity contribution in [2.24, 2.45) is 0 Å². The maximum atomic E-state index is 13.4. The molecule has 10 nitrogen and oxygen atoms in total. The minimum absolute atomic E-state index is 0. The minimum atomic E-state index is -0.473. The van der Waals surface area contributed by atoms with Gasteiger partial charge in [0.1, 0.15) is 17.1 Å². The van der Waals surface area contributed by atoms with Crippen LogP contribution in [0.2, 0.25) is 0 Å². The molecule has 1 saturated heterocycles. The van der Waals surface area contributed by atoms with E-state index in [2.05, 4.69) is 25.7 Å². The fraction of sp³-hybridized carbons (Fsp3) is 0.300. The molecule has 0 radical (unpaired) electrons. The van der Waals surface area contributed by atoms with Gasteiger partial charge >= 0.3 is 6.03 Å². The number of H-pyrrole nitrogens is 1. The fourth-order valence-electron chi connectivity index (χ4n) is 5.04. The van der Waals surface area contributed by atoms with Crippen LogP contribution in [0.15, 0.2) is 57.5 Å². The van der Waals surface area contributed by atoms with Gasteiger partial charge in [-0.15, -0.1) is 12.4 Å². The van der Waals surface area contributed by atoms with Gasteiger partial charge in [-0.1, -0.05) is 25.9 Å². The van der Waals surface area contributed by atoms with Crippen molar-refractivity contribution in [1.29, 1.82) is 0 Å². The first kappa shape index (κ1) is 28.3. The lowest BCUT2D eigenvalue weighted by atomic mass is 9.93. The predicted octanol–water partition coefficient (Wildman–Crippen LogP) is 6.80. The van der Waals surface area contributed by atoms with Crippen LogP contribution in [-0.4, -0.2) is 45.1 Å². The number of nitrogens with zero attached hydrogens (tertiary/aromatic N) is 2. The summed E-state index contributed by atoms with van der Waals surface area (Å²) in [5, 5.41) is 21.4. The van der Waals surface area contributed by atoms with Crippen LogP contribution in [-0.2, 0) is 12.0 Å². The predicted molar refractivity (Wildman–Crippen MR) is 159 cm³/mol. The van der Waals surface area contributed by atoms with E-state index in [1.54, 1.807) is 48.5 Å². The third-order valence-electron chi connectivity index (χ3n) is 7.20. The zero-order valence-electron chi connectivity index (χ0n) is 23.0. The van der Waals surface area contributed by atoms with Gasteiger partial charge < -0.3 is 24.3 Å². The molecule has 4 heterocycles. The Morgan fingerprint density at radius 2 is 1.83 bits per heavy atom. The van der Waals surface area contributed by atoms with E-state index in [1.807, 2.05) is 20.8 Å². The second-order valence-electron chi connectivity index (χ2n) is 11.3. The number of urea groups is 1. The Bertz CT molecular complexity index is 1740. The number of furan rings is 1. The Hall–Kier alpha value is -4.28. The number of hydrogen-bond donors (Lipinski definition) is 4. The average molecular weight is 578 g/mol. The summed E-state index contributed by atoms with van der Waals surface area (Å²) >= 11 is 0. The monoisotopic (exact) mass is 577 g/mol. The molecule has 214 valence electrons. The Kier molecular flexibility index (Phi) is 7.54. The minimum Gasteiger partial charge on any atom is -0.508 e. The van der Waals surface area contributed by atoms with Crippen LogP contribution in [0.25, 0.3) is 21.9 Å². The molecule has 5 aromatic rings. The molecule has 2 aromatic carbocycles. The molecular formula is C30H32ClN5O5. The number of aromatic amines is 1. The first-order chi connectivity index (χ1) is 19.1. The smallest absolute Gasteiger partial charge is 0.324 e. The van der Waals surface area contributed by atoms with Crippen molar-refractivity contribution < 1.29 is 23.6 Å². The van der Waals surface area contributed by atoms with Gasteiger partial charge in [-0.3, -0.25) is 15.0 Å². The molecule has 1 aliphatic rings. The first-order valence-electron chi connectivity index (χ1n) is 13.3. The number of hydrogen-bond acceptors (Lipinski definition) is 7. The number of fused-ring (bicyclic) bond motifs is 2. The summed E-state index contributed by atoms with van der Waals surface area (Å²) in [6, 6.07) is 13.2. The normalized spacial score (nSPS) is 13.9. The molecule has 41 heavy (non-hydrogen) atoms. The number of aromatic nitrogens is 2. The van der Waals surface area contributed by atoms with Crippen molar-refractivity contribution in [1.82, 2.24) is 15.0 Å². The Morgan fingerprint density at radius 1 is 1.05 bits per heavy atom. The molecule has 0 spiro atoms. The summed E-state index contributed by atoms with van der Waals surface area (Å²) in [5.74, 6) is 1.07. The number of carbonyl (C=O) groups excluding carboxylic acids is 2. The van der Waals surface area contributed by atoms with Crippen LogP contribution in [0.5, 0.6) is 5.75 Å². The highest BCUT2D eigenvalue weighted by atomic mass is 35.5. The van der Waals surface area contributed by atoms with Gasteiger partial charge in [0.05, 0.1) is 5.69 Å². The second kappa shape index (κ2) is 10.9. The number of phenolic OH excluding ortho intramolecular Hbond substituents is 1. The van der Waals surface area contributed by atoms with Crippen LogP contribution in [0, 0.1) is 0 Å². The number of rotatable bonds is 6. The van der Waals surface area contributed by atoms with Crippen molar-refractivity contribution in [3.8, 4) is 5.75 Å². The molecule has 2 amide bonds.